The number of pyridine rings is 1. The highest BCUT2D eigenvalue weighted by molar-refractivity contribution is 6.30. The number of aryl methyl sites for hydroxylation is 2. The molecule has 6 heteroatoms. The van der Waals surface area contributed by atoms with E-state index in [2.05, 4.69) is 17.1 Å². The van der Waals surface area contributed by atoms with Crippen molar-refractivity contribution in [1.82, 2.24) is 19.7 Å². The van der Waals surface area contributed by atoms with Crippen LogP contribution in [-0.4, -0.2) is 19.7 Å². The molecule has 1 N–H and O–H groups in total. The lowest BCUT2D eigenvalue weighted by Gasteiger charge is -2.13. The summed E-state index contributed by atoms with van der Waals surface area (Å²) in [6, 6.07) is 28.1. The second kappa shape index (κ2) is 8.12. The Kier molecular flexibility index (Phi) is 4.91. The van der Waals surface area contributed by atoms with Gasteiger partial charge in [0.2, 0.25) is 0 Å². The second-order valence-corrected chi connectivity index (χ2v) is 8.97. The summed E-state index contributed by atoms with van der Waals surface area (Å²) in [7, 11) is 0. The minimum absolute atomic E-state index is 0.517. The van der Waals surface area contributed by atoms with E-state index < -0.39 is 0 Å². The van der Waals surface area contributed by atoms with Gasteiger partial charge in [0.15, 0.2) is 5.65 Å². The molecule has 0 aliphatic carbocycles. The van der Waals surface area contributed by atoms with Crippen molar-refractivity contribution in [3.05, 3.63) is 101 Å². The van der Waals surface area contributed by atoms with Crippen LogP contribution in [0.3, 0.4) is 0 Å². The average molecular weight is 474 g/mol. The predicted molar refractivity (Wildman–Crippen MR) is 141 cm³/mol. The van der Waals surface area contributed by atoms with Gasteiger partial charge in [-0.05, 0) is 49.7 Å². The van der Waals surface area contributed by atoms with Crippen molar-refractivity contribution in [1.29, 1.82) is 5.26 Å². The normalized spacial score (nSPS) is 11.3. The molecule has 3 aromatic carbocycles. The highest BCUT2D eigenvalue weighted by Gasteiger charge is 2.25. The molecule has 6 aromatic rings. The van der Waals surface area contributed by atoms with E-state index in [0.29, 0.717) is 21.9 Å². The van der Waals surface area contributed by atoms with Gasteiger partial charge in [0, 0.05) is 32.7 Å². The van der Waals surface area contributed by atoms with Crippen LogP contribution in [0.5, 0.6) is 0 Å². The van der Waals surface area contributed by atoms with Gasteiger partial charge in [0.25, 0.3) is 0 Å². The first-order valence-electron chi connectivity index (χ1n) is 11.3. The van der Waals surface area contributed by atoms with Crippen molar-refractivity contribution in [3.63, 3.8) is 0 Å². The molecule has 0 aliphatic heterocycles. The molecule has 5 nitrogen and oxygen atoms in total. The fourth-order valence-corrected chi connectivity index (χ4v) is 4.97. The van der Waals surface area contributed by atoms with Crippen molar-refractivity contribution < 1.29 is 0 Å². The van der Waals surface area contributed by atoms with Gasteiger partial charge in [-0.15, -0.1) is 0 Å². The molecule has 0 radical (unpaired) electrons. The number of rotatable bonds is 3. The Morgan fingerprint density at radius 1 is 0.886 bits per heavy atom. The predicted octanol–water partition coefficient (Wildman–Crippen LogP) is 7.38. The van der Waals surface area contributed by atoms with E-state index in [-0.39, 0.29) is 0 Å². The van der Waals surface area contributed by atoms with Gasteiger partial charge in [-0.25, -0.2) is 9.67 Å². The number of halogens is 1. The molecule has 0 bridgehead atoms. The van der Waals surface area contributed by atoms with E-state index in [1.165, 1.54) is 0 Å². The Labute approximate surface area is 207 Å². The Morgan fingerprint density at radius 3 is 2.34 bits per heavy atom. The summed E-state index contributed by atoms with van der Waals surface area (Å²) in [6.07, 6.45) is 0. The van der Waals surface area contributed by atoms with E-state index >= 15 is 0 Å². The lowest BCUT2D eigenvalue weighted by atomic mass is 9.92. The SMILES string of the molecule is Cc1[nH]c2ccccc2c1-c1nc2c(c(C)nn2-c2ccccc2)c(-c2ccc(Cl)cc2)c1C#N. The van der Waals surface area contributed by atoms with Crippen LogP contribution >= 0.6 is 11.6 Å². The average Bonchev–Trinajstić information content (AvgIpc) is 3.39. The maximum absolute atomic E-state index is 10.5. The lowest BCUT2D eigenvalue weighted by molar-refractivity contribution is 0.878. The number of aromatic amines is 1. The van der Waals surface area contributed by atoms with Crippen LogP contribution in [0.15, 0.2) is 78.9 Å². The van der Waals surface area contributed by atoms with Crippen LogP contribution in [0.25, 0.3) is 50.0 Å². The van der Waals surface area contributed by atoms with E-state index in [1.54, 1.807) is 0 Å². The third-order valence-corrected chi connectivity index (χ3v) is 6.62. The highest BCUT2D eigenvalue weighted by atomic mass is 35.5. The van der Waals surface area contributed by atoms with Crippen molar-refractivity contribution in [2.75, 3.05) is 0 Å². The topological polar surface area (TPSA) is 70.3 Å². The van der Waals surface area contributed by atoms with Crippen molar-refractivity contribution in [3.8, 4) is 34.1 Å². The summed E-state index contributed by atoms with van der Waals surface area (Å²) in [6.45, 7) is 3.98. The highest BCUT2D eigenvalue weighted by Crippen LogP contribution is 2.41. The van der Waals surface area contributed by atoms with E-state index in [1.807, 2.05) is 91.3 Å². The molecule has 0 amide bonds. The molecule has 0 saturated heterocycles. The summed E-state index contributed by atoms with van der Waals surface area (Å²) < 4.78 is 1.86. The standard InChI is InChI=1S/C29H20ClN5/c1-17-25(22-10-6-7-11-24(22)32-17)28-23(16-31)27(19-12-14-20(30)15-13-19)26-18(2)34-35(29(26)33-28)21-8-4-3-5-9-21/h3-15,32H,1-2H3. The molecule has 3 heterocycles. The summed E-state index contributed by atoms with van der Waals surface area (Å²) in [5.74, 6) is 0. The minimum Gasteiger partial charge on any atom is -0.358 e. The summed E-state index contributed by atoms with van der Waals surface area (Å²) in [5.41, 5.74) is 8.17. The summed E-state index contributed by atoms with van der Waals surface area (Å²) in [4.78, 5) is 8.59. The molecule has 0 atom stereocenters. The van der Waals surface area contributed by atoms with Gasteiger partial charge in [-0.1, -0.05) is 60.1 Å². The summed E-state index contributed by atoms with van der Waals surface area (Å²) >= 11 is 6.21. The fourth-order valence-electron chi connectivity index (χ4n) is 4.84. The van der Waals surface area contributed by atoms with Crippen LogP contribution in [0, 0.1) is 25.2 Å². The lowest BCUT2D eigenvalue weighted by Crippen LogP contribution is -2.01. The number of nitrogens with zero attached hydrogens (tertiary/aromatic N) is 4. The Morgan fingerprint density at radius 2 is 1.60 bits per heavy atom. The minimum atomic E-state index is 0.517. The Hall–Kier alpha value is -4.40. The van der Waals surface area contributed by atoms with Crippen molar-refractivity contribution in [2.24, 2.45) is 0 Å². The van der Waals surface area contributed by atoms with Gasteiger partial charge < -0.3 is 4.98 Å². The first-order chi connectivity index (χ1) is 17.1. The van der Waals surface area contributed by atoms with Gasteiger partial charge >= 0.3 is 0 Å². The second-order valence-electron chi connectivity index (χ2n) is 8.53. The Bertz CT molecular complexity index is 1770. The van der Waals surface area contributed by atoms with Crippen LogP contribution in [0.2, 0.25) is 5.02 Å². The van der Waals surface area contributed by atoms with Crippen molar-refractivity contribution in [2.45, 2.75) is 13.8 Å². The summed E-state index contributed by atoms with van der Waals surface area (Å²) in [5, 5.41) is 17.9. The maximum Gasteiger partial charge on any atom is 0.164 e. The van der Waals surface area contributed by atoms with Crippen molar-refractivity contribution >= 4 is 33.5 Å². The fraction of sp³-hybridized carbons (Fsp3) is 0.0690. The molecule has 3 aromatic heterocycles. The van der Waals surface area contributed by atoms with Gasteiger partial charge in [-0.3, -0.25) is 0 Å². The van der Waals surface area contributed by atoms with Crippen LogP contribution in [-0.2, 0) is 0 Å². The van der Waals surface area contributed by atoms with Crippen LogP contribution in [0.4, 0.5) is 0 Å². The third kappa shape index (κ3) is 3.30. The molecule has 35 heavy (non-hydrogen) atoms. The van der Waals surface area contributed by atoms with Gasteiger partial charge in [0.1, 0.15) is 6.07 Å². The number of H-pyrrole nitrogens is 1. The quantitative estimate of drug-likeness (QED) is 0.291. The first-order valence-corrected chi connectivity index (χ1v) is 11.7. The molecule has 0 saturated carbocycles. The van der Waals surface area contributed by atoms with E-state index in [0.717, 1.165) is 50.1 Å². The Balaban J connectivity index is 1.80. The van der Waals surface area contributed by atoms with Crippen LogP contribution in [0.1, 0.15) is 17.0 Å². The molecular weight excluding hydrogens is 454 g/mol. The van der Waals surface area contributed by atoms with E-state index in [9.17, 15) is 5.26 Å². The van der Waals surface area contributed by atoms with Crippen LogP contribution < -0.4 is 0 Å². The monoisotopic (exact) mass is 473 g/mol. The third-order valence-electron chi connectivity index (χ3n) is 6.37. The molecule has 0 unspecified atom stereocenters. The number of hydrogen-bond acceptors (Lipinski definition) is 3. The number of aromatic nitrogens is 4. The number of nitriles is 1. The zero-order valence-corrected chi connectivity index (χ0v) is 19.9. The van der Waals surface area contributed by atoms with Gasteiger partial charge in [-0.2, -0.15) is 10.4 Å². The smallest absolute Gasteiger partial charge is 0.164 e. The number of benzene rings is 3. The molecule has 0 fully saturated rings. The molecule has 6 rings (SSSR count). The number of para-hydroxylation sites is 2. The van der Waals surface area contributed by atoms with E-state index in [4.69, 9.17) is 21.7 Å². The largest absolute Gasteiger partial charge is 0.358 e. The zero-order chi connectivity index (χ0) is 24.1. The number of hydrogen-bond donors (Lipinski definition) is 1. The molecular formula is C29H20ClN5. The molecule has 0 spiro atoms. The number of fused-ring (bicyclic) bond motifs is 2. The number of nitrogens with one attached hydrogen (secondary N) is 1. The molecule has 168 valence electrons. The first kappa shape index (κ1) is 21.2. The maximum atomic E-state index is 10.5. The molecule has 0 aliphatic rings. The zero-order valence-electron chi connectivity index (χ0n) is 19.2. The van der Waals surface area contributed by atoms with Gasteiger partial charge in [0.05, 0.1) is 28.0 Å².